The highest BCUT2D eigenvalue weighted by Gasteiger charge is 2.56. The number of piperidine rings is 1. The number of anilines is 1. The molecule has 208 valence electrons. The topological polar surface area (TPSA) is 60.0 Å². The van der Waals surface area contributed by atoms with E-state index in [1.165, 1.54) is 24.0 Å². The van der Waals surface area contributed by atoms with Gasteiger partial charge in [0.25, 0.3) is 0 Å². The number of ether oxygens (including phenoxy) is 3. The molecule has 3 aromatic carbocycles. The van der Waals surface area contributed by atoms with Crippen LogP contribution in [0.5, 0.6) is 11.5 Å². The summed E-state index contributed by atoms with van der Waals surface area (Å²) in [6.07, 6.45) is 6.26. The van der Waals surface area contributed by atoms with E-state index in [2.05, 4.69) is 42.6 Å². The lowest BCUT2D eigenvalue weighted by molar-refractivity contribution is -0.0143. The van der Waals surface area contributed by atoms with E-state index in [4.69, 9.17) is 14.2 Å². The molecule has 1 saturated carbocycles. The van der Waals surface area contributed by atoms with Crippen molar-refractivity contribution >= 4 is 11.8 Å². The number of nitrogens with zero attached hydrogens (tertiary/aromatic N) is 1. The van der Waals surface area contributed by atoms with Gasteiger partial charge in [-0.05, 0) is 61.3 Å². The molecule has 1 unspecified atom stereocenters. The third-order valence-electron chi connectivity index (χ3n) is 9.60. The Labute approximate surface area is 236 Å². The van der Waals surface area contributed by atoms with Gasteiger partial charge in [0.2, 0.25) is 0 Å². The first-order valence-corrected chi connectivity index (χ1v) is 14.9. The fraction of sp³-hybridized carbons (Fsp3) is 0.441. The first kappa shape index (κ1) is 25.3. The van der Waals surface area contributed by atoms with Gasteiger partial charge in [-0.2, -0.15) is 0 Å². The minimum Gasteiger partial charge on any atom is -0.489 e. The summed E-state index contributed by atoms with van der Waals surface area (Å²) in [7, 11) is 0. The Hall–Kier alpha value is -3.67. The standard InChI is InChI=1S/C34H38N2O4/c1-23-20-39-32-26-18-29-27-14-8-9-15-34(27,16-17-36(29)33(37)40-22-25-12-6-3-7-13-25)28(26)19-30(31(32)35-23)38-21-24-10-4-2-5-11-24/h2-7,10-13,19,23,27,29,35H,8-9,14-18,20-22H2,1H3/t23?,27-,29+,34+/m1/s1. The van der Waals surface area contributed by atoms with E-state index in [0.29, 0.717) is 25.7 Å². The van der Waals surface area contributed by atoms with Gasteiger partial charge in [0.1, 0.15) is 37.0 Å². The maximum absolute atomic E-state index is 13.5. The van der Waals surface area contributed by atoms with Crippen molar-refractivity contribution in [3.8, 4) is 11.5 Å². The average Bonchev–Trinajstić information content (AvgIpc) is 3.00. The van der Waals surface area contributed by atoms with Crippen LogP contribution in [0.3, 0.4) is 0 Å². The minimum absolute atomic E-state index is 0.0407. The van der Waals surface area contributed by atoms with E-state index in [1.807, 2.05) is 41.3 Å². The Kier molecular flexibility index (Phi) is 6.57. The number of nitrogens with one attached hydrogen (secondary N) is 1. The lowest BCUT2D eigenvalue weighted by Crippen LogP contribution is -2.62. The number of rotatable bonds is 5. The van der Waals surface area contributed by atoms with Crippen LogP contribution in [0.2, 0.25) is 0 Å². The number of carbonyl (C=O) groups excluding carboxylic acids is 1. The molecule has 2 aliphatic carbocycles. The molecule has 2 aliphatic heterocycles. The van der Waals surface area contributed by atoms with E-state index in [1.54, 1.807) is 0 Å². The van der Waals surface area contributed by atoms with E-state index in [9.17, 15) is 4.79 Å². The number of hydrogen-bond acceptors (Lipinski definition) is 5. The van der Waals surface area contributed by atoms with Crippen molar-refractivity contribution in [1.82, 2.24) is 4.90 Å². The summed E-state index contributed by atoms with van der Waals surface area (Å²) in [6, 6.07) is 22.9. The van der Waals surface area contributed by atoms with Gasteiger partial charge in [0.05, 0.1) is 6.04 Å². The summed E-state index contributed by atoms with van der Waals surface area (Å²) in [5.41, 5.74) is 5.80. The van der Waals surface area contributed by atoms with Crippen molar-refractivity contribution in [2.45, 2.75) is 76.2 Å². The molecule has 3 aromatic rings. The number of benzene rings is 3. The lowest BCUT2D eigenvalue weighted by atomic mass is 9.52. The van der Waals surface area contributed by atoms with Gasteiger partial charge >= 0.3 is 6.09 Å². The molecule has 2 bridgehead atoms. The van der Waals surface area contributed by atoms with Gasteiger partial charge in [-0.25, -0.2) is 4.79 Å². The molecule has 4 atom stereocenters. The smallest absolute Gasteiger partial charge is 0.410 e. The molecule has 6 nitrogen and oxygen atoms in total. The van der Waals surface area contributed by atoms with Crippen molar-refractivity contribution in [2.75, 3.05) is 18.5 Å². The second-order valence-electron chi connectivity index (χ2n) is 12.0. The summed E-state index contributed by atoms with van der Waals surface area (Å²) in [5.74, 6) is 2.22. The van der Waals surface area contributed by atoms with Gasteiger partial charge in [-0.1, -0.05) is 73.5 Å². The maximum Gasteiger partial charge on any atom is 0.410 e. The zero-order chi connectivity index (χ0) is 27.1. The third kappa shape index (κ3) is 4.38. The molecule has 1 saturated heterocycles. The van der Waals surface area contributed by atoms with Crippen LogP contribution in [0.25, 0.3) is 0 Å². The van der Waals surface area contributed by atoms with E-state index >= 15 is 0 Å². The Morgan fingerprint density at radius 3 is 2.55 bits per heavy atom. The molecule has 1 amide bonds. The third-order valence-corrected chi connectivity index (χ3v) is 9.60. The number of fused-ring (bicyclic) bond motifs is 3. The van der Waals surface area contributed by atoms with E-state index in [-0.39, 0.29) is 23.6 Å². The monoisotopic (exact) mass is 538 g/mol. The summed E-state index contributed by atoms with van der Waals surface area (Å²) in [6.45, 7) is 4.30. The molecule has 6 heteroatoms. The van der Waals surface area contributed by atoms with Gasteiger partial charge in [-0.3, -0.25) is 0 Å². The number of hydrogen-bond donors (Lipinski definition) is 1. The predicted octanol–water partition coefficient (Wildman–Crippen LogP) is 6.85. The van der Waals surface area contributed by atoms with Gasteiger partial charge < -0.3 is 24.4 Å². The number of amides is 1. The molecule has 40 heavy (non-hydrogen) atoms. The number of likely N-dealkylation sites (tertiary alicyclic amines) is 1. The fourth-order valence-corrected chi connectivity index (χ4v) is 7.76. The second-order valence-corrected chi connectivity index (χ2v) is 12.0. The van der Waals surface area contributed by atoms with Gasteiger partial charge in [-0.15, -0.1) is 0 Å². The Morgan fingerprint density at radius 1 is 1.02 bits per heavy atom. The van der Waals surface area contributed by atoms with Crippen molar-refractivity contribution in [2.24, 2.45) is 5.92 Å². The molecular weight excluding hydrogens is 500 g/mol. The fourth-order valence-electron chi connectivity index (χ4n) is 7.76. The zero-order valence-electron chi connectivity index (χ0n) is 23.2. The molecule has 7 rings (SSSR count). The highest BCUT2D eigenvalue weighted by atomic mass is 16.6. The van der Waals surface area contributed by atoms with Crippen LogP contribution < -0.4 is 14.8 Å². The average molecular weight is 539 g/mol. The van der Waals surface area contributed by atoms with Crippen LogP contribution in [0, 0.1) is 5.92 Å². The highest BCUT2D eigenvalue weighted by Crippen LogP contribution is 2.59. The molecule has 1 N–H and O–H groups in total. The summed E-state index contributed by atoms with van der Waals surface area (Å²) >= 11 is 0. The molecule has 4 aliphatic rings. The van der Waals surface area contributed by atoms with Gasteiger partial charge in [0.15, 0.2) is 0 Å². The largest absolute Gasteiger partial charge is 0.489 e. The zero-order valence-corrected chi connectivity index (χ0v) is 23.2. The highest BCUT2D eigenvalue weighted by molar-refractivity contribution is 5.75. The predicted molar refractivity (Wildman–Crippen MR) is 155 cm³/mol. The minimum atomic E-state index is -0.194. The second kappa shape index (κ2) is 10.4. The van der Waals surface area contributed by atoms with Crippen molar-refractivity contribution in [1.29, 1.82) is 0 Å². The van der Waals surface area contributed by atoms with Crippen molar-refractivity contribution < 1.29 is 19.0 Å². The molecule has 0 aromatic heterocycles. The summed E-state index contributed by atoms with van der Waals surface area (Å²) in [5, 5.41) is 3.67. The first-order valence-electron chi connectivity index (χ1n) is 14.9. The van der Waals surface area contributed by atoms with Gasteiger partial charge in [0, 0.05) is 23.6 Å². The van der Waals surface area contributed by atoms with Crippen molar-refractivity contribution in [3.63, 3.8) is 0 Å². The Bertz CT molecular complexity index is 1380. The van der Waals surface area contributed by atoms with Crippen LogP contribution in [0.15, 0.2) is 66.7 Å². The Balaban J connectivity index is 1.24. The SMILES string of the molecule is CC1COc2c3c(cc(OCc4ccccc4)c2N1)[C@]12CCCC[C@@H]1[C@H](C3)N(C(=O)OCc1ccccc1)CC2. The van der Waals surface area contributed by atoms with Crippen LogP contribution >= 0.6 is 0 Å². The molecular formula is C34H38N2O4. The quantitative estimate of drug-likeness (QED) is 0.385. The first-order chi connectivity index (χ1) is 19.6. The van der Waals surface area contributed by atoms with Crippen LogP contribution in [0.1, 0.15) is 61.3 Å². The van der Waals surface area contributed by atoms with E-state index < -0.39 is 0 Å². The molecule has 0 spiro atoms. The molecule has 2 fully saturated rings. The molecule has 2 heterocycles. The maximum atomic E-state index is 13.5. The summed E-state index contributed by atoms with van der Waals surface area (Å²) < 4.78 is 18.9. The summed E-state index contributed by atoms with van der Waals surface area (Å²) in [4.78, 5) is 15.5. The Morgan fingerprint density at radius 2 is 1.77 bits per heavy atom. The van der Waals surface area contributed by atoms with Crippen molar-refractivity contribution in [3.05, 3.63) is 89.0 Å². The number of carbonyl (C=O) groups is 1. The lowest BCUT2D eigenvalue weighted by Gasteiger charge is -2.58. The normalized spacial score (nSPS) is 26.3. The van der Waals surface area contributed by atoms with Crippen LogP contribution in [-0.2, 0) is 29.8 Å². The molecule has 0 radical (unpaired) electrons. The van der Waals surface area contributed by atoms with E-state index in [0.717, 1.165) is 60.5 Å². The van der Waals surface area contributed by atoms with Crippen LogP contribution in [-0.4, -0.2) is 36.2 Å². The van der Waals surface area contributed by atoms with Crippen LogP contribution in [0.4, 0.5) is 10.5 Å².